The summed E-state index contributed by atoms with van der Waals surface area (Å²) >= 11 is 0. The molecule has 0 saturated heterocycles. The van der Waals surface area contributed by atoms with E-state index in [-0.39, 0.29) is 6.10 Å². The molecular weight excluding hydrogens is 352 g/mol. The topological polar surface area (TPSA) is 81.5 Å². The molecule has 0 aliphatic carbocycles. The van der Waals surface area contributed by atoms with Crippen molar-refractivity contribution in [3.05, 3.63) is 66.9 Å². The van der Waals surface area contributed by atoms with Crippen LogP contribution in [-0.2, 0) is 7.05 Å². The highest BCUT2D eigenvalue weighted by Crippen LogP contribution is 2.31. The summed E-state index contributed by atoms with van der Waals surface area (Å²) in [6.07, 6.45) is 7.07. The minimum absolute atomic E-state index is 0.223. The van der Waals surface area contributed by atoms with Crippen molar-refractivity contribution in [2.45, 2.75) is 13.0 Å². The first kappa shape index (κ1) is 16.4. The monoisotopic (exact) mass is 370 g/mol. The summed E-state index contributed by atoms with van der Waals surface area (Å²) in [6, 6.07) is 11.8. The van der Waals surface area contributed by atoms with Gasteiger partial charge in [0.1, 0.15) is 17.5 Å². The van der Waals surface area contributed by atoms with Crippen LogP contribution in [0.1, 0.15) is 18.7 Å². The van der Waals surface area contributed by atoms with E-state index in [9.17, 15) is 0 Å². The van der Waals surface area contributed by atoms with E-state index < -0.39 is 0 Å². The quantitative estimate of drug-likeness (QED) is 0.516. The molecule has 0 amide bonds. The van der Waals surface area contributed by atoms with Gasteiger partial charge in [-0.05, 0) is 43.3 Å². The Labute approximate surface area is 161 Å². The second-order valence-corrected chi connectivity index (χ2v) is 6.71. The van der Waals surface area contributed by atoms with Crippen LogP contribution in [0.25, 0.3) is 33.1 Å². The molecule has 1 aromatic carbocycles. The first-order chi connectivity index (χ1) is 13.7. The van der Waals surface area contributed by atoms with Crippen LogP contribution in [0, 0.1) is 0 Å². The number of hydrogen-bond acceptors (Lipinski definition) is 5. The smallest absolute Gasteiger partial charge is 0.138 e. The summed E-state index contributed by atoms with van der Waals surface area (Å²) in [7, 11) is 1.89. The average Bonchev–Trinajstić information content (AvgIpc) is 3.33. The van der Waals surface area contributed by atoms with Gasteiger partial charge in [0.05, 0.1) is 22.9 Å². The summed E-state index contributed by atoms with van der Waals surface area (Å²) in [5, 5.41) is 13.7. The Morgan fingerprint density at radius 2 is 2.00 bits per heavy atom. The van der Waals surface area contributed by atoms with E-state index in [4.69, 9.17) is 4.74 Å². The SMILES string of the molecule is CC(Oc1ccc2[nH]nc(-c3cnn(C)c3)c2c1)c1nccc2ncccc12. The third-order valence-corrected chi connectivity index (χ3v) is 4.77. The van der Waals surface area contributed by atoms with Crippen molar-refractivity contribution in [1.82, 2.24) is 29.9 Å². The van der Waals surface area contributed by atoms with Gasteiger partial charge in [-0.3, -0.25) is 19.7 Å². The lowest BCUT2D eigenvalue weighted by Gasteiger charge is -2.16. The predicted molar refractivity (Wildman–Crippen MR) is 107 cm³/mol. The zero-order valence-electron chi connectivity index (χ0n) is 15.5. The number of pyridine rings is 2. The van der Waals surface area contributed by atoms with Crippen molar-refractivity contribution >= 4 is 21.8 Å². The number of rotatable bonds is 4. The minimum Gasteiger partial charge on any atom is -0.484 e. The first-order valence-corrected chi connectivity index (χ1v) is 9.02. The minimum atomic E-state index is -0.223. The van der Waals surface area contributed by atoms with Crippen LogP contribution in [0.2, 0.25) is 0 Å². The molecule has 1 atom stereocenters. The van der Waals surface area contributed by atoms with Gasteiger partial charge in [-0.1, -0.05) is 0 Å². The Bertz CT molecular complexity index is 1280. The number of aryl methyl sites for hydroxylation is 1. The largest absolute Gasteiger partial charge is 0.484 e. The van der Waals surface area contributed by atoms with Gasteiger partial charge in [-0.25, -0.2) is 0 Å². The normalized spacial score (nSPS) is 12.5. The third-order valence-electron chi connectivity index (χ3n) is 4.77. The molecule has 5 aromatic rings. The molecule has 0 aliphatic heterocycles. The molecule has 138 valence electrons. The first-order valence-electron chi connectivity index (χ1n) is 9.02. The van der Waals surface area contributed by atoms with Gasteiger partial charge in [-0.2, -0.15) is 10.2 Å². The highest BCUT2D eigenvalue weighted by atomic mass is 16.5. The van der Waals surface area contributed by atoms with Crippen LogP contribution in [0.5, 0.6) is 5.75 Å². The number of hydrogen-bond donors (Lipinski definition) is 1. The lowest BCUT2D eigenvalue weighted by molar-refractivity contribution is 0.224. The van der Waals surface area contributed by atoms with Crippen molar-refractivity contribution in [2.75, 3.05) is 0 Å². The molecule has 1 unspecified atom stereocenters. The second kappa shape index (κ2) is 6.45. The number of ether oxygens (including phenoxy) is 1. The molecule has 0 bridgehead atoms. The summed E-state index contributed by atoms with van der Waals surface area (Å²) in [5.41, 5.74) is 4.54. The number of nitrogens with zero attached hydrogens (tertiary/aromatic N) is 5. The van der Waals surface area contributed by atoms with E-state index in [1.807, 2.05) is 56.6 Å². The second-order valence-electron chi connectivity index (χ2n) is 6.71. The van der Waals surface area contributed by atoms with E-state index in [0.717, 1.165) is 44.5 Å². The van der Waals surface area contributed by atoms with E-state index in [0.29, 0.717) is 0 Å². The molecule has 7 nitrogen and oxygen atoms in total. The van der Waals surface area contributed by atoms with Crippen LogP contribution in [0.3, 0.4) is 0 Å². The Kier molecular flexibility index (Phi) is 3.79. The van der Waals surface area contributed by atoms with Gasteiger partial charge >= 0.3 is 0 Å². The van der Waals surface area contributed by atoms with Crippen LogP contribution >= 0.6 is 0 Å². The van der Waals surface area contributed by atoms with E-state index in [1.165, 1.54) is 0 Å². The maximum atomic E-state index is 6.23. The lowest BCUT2D eigenvalue weighted by Crippen LogP contribution is -2.06. The molecule has 7 heteroatoms. The van der Waals surface area contributed by atoms with Crippen LogP contribution in [0.15, 0.2) is 61.2 Å². The fourth-order valence-electron chi connectivity index (χ4n) is 3.44. The van der Waals surface area contributed by atoms with E-state index in [2.05, 4.69) is 25.3 Å². The lowest BCUT2D eigenvalue weighted by atomic mass is 10.1. The van der Waals surface area contributed by atoms with Crippen molar-refractivity contribution in [3.63, 3.8) is 0 Å². The average molecular weight is 370 g/mol. The molecule has 0 spiro atoms. The fraction of sp³-hybridized carbons (Fsp3) is 0.143. The number of aromatic amines is 1. The molecule has 0 radical (unpaired) electrons. The molecular formula is C21H18N6O. The van der Waals surface area contributed by atoms with Crippen molar-refractivity contribution in [3.8, 4) is 17.0 Å². The number of H-pyrrole nitrogens is 1. The molecule has 5 rings (SSSR count). The number of aromatic nitrogens is 6. The Morgan fingerprint density at radius 1 is 1.07 bits per heavy atom. The number of fused-ring (bicyclic) bond motifs is 2. The molecule has 1 N–H and O–H groups in total. The van der Waals surface area contributed by atoms with Gasteiger partial charge in [0.15, 0.2) is 0 Å². The molecule has 4 aromatic heterocycles. The zero-order chi connectivity index (χ0) is 19.1. The molecule has 28 heavy (non-hydrogen) atoms. The van der Waals surface area contributed by atoms with Gasteiger partial charge in [0.25, 0.3) is 0 Å². The van der Waals surface area contributed by atoms with Crippen molar-refractivity contribution in [1.29, 1.82) is 0 Å². The molecule has 0 saturated carbocycles. The summed E-state index contributed by atoms with van der Waals surface area (Å²) in [4.78, 5) is 8.93. The maximum absolute atomic E-state index is 6.23. The Balaban J connectivity index is 1.51. The maximum Gasteiger partial charge on any atom is 0.138 e. The van der Waals surface area contributed by atoms with Gasteiger partial charge < -0.3 is 4.74 Å². The zero-order valence-corrected chi connectivity index (χ0v) is 15.5. The van der Waals surface area contributed by atoms with Crippen molar-refractivity contribution in [2.24, 2.45) is 7.05 Å². The van der Waals surface area contributed by atoms with Crippen LogP contribution < -0.4 is 4.74 Å². The van der Waals surface area contributed by atoms with E-state index >= 15 is 0 Å². The Morgan fingerprint density at radius 3 is 2.86 bits per heavy atom. The predicted octanol–water partition coefficient (Wildman–Crippen LogP) is 4.05. The standard InChI is InChI=1S/C21H18N6O/c1-13(20-16-4-3-8-22-18(16)7-9-23-20)28-15-5-6-19-17(10-15)21(26-25-19)14-11-24-27(2)12-14/h3-13H,1-2H3,(H,25,26). The third kappa shape index (κ3) is 2.77. The van der Waals surface area contributed by atoms with Crippen LogP contribution in [-0.4, -0.2) is 29.9 Å². The Hall–Kier alpha value is -3.74. The van der Waals surface area contributed by atoms with Gasteiger partial charge in [0, 0.05) is 42.0 Å². The van der Waals surface area contributed by atoms with Crippen molar-refractivity contribution < 1.29 is 4.74 Å². The molecule has 0 aliphatic rings. The molecule has 4 heterocycles. The summed E-state index contributed by atoms with van der Waals surface area (Å²) < 4.78 is 7.99. The molecule has 0 fully saturated rings. The number of benzene rings is 1. The van der Waals surface area contributed by atoms with Gasteiger partial charge in [-0.15, -0.1) is 0 Å². The summed E-state index contributed by atoms with van der Waals surface area (Å²) in [6.45, 7) is 2.00. The fourth-order valence-corrected chi connectivity index (χ4v) is 3.44. The van der Waals surface area contributed by atoms with E-state index in [1.54, 1.807) is 23.3 Å². The van der Waals surface area contributed by atoms with Gasteiger partial charge in [0.2, 0.25) is 0 Å². The highest BCUT2D eigenvalue weighted by Gasteiger charge is 2.15. The number of nitrogens with one attached hydrogen (secondary N) is 1. The van der Waals surface area contributed by atoms with Crippen LogP contribution in [0.4, 0.5) is 0 Å². The highest BCUT2D eigenvalue weighted by molar-refractivity contribution is 5.93. The summed E-state index contributed by atoms with van der Waals surface area (Å²) in [5.74, 6) is 0.759.